The zero-order valence-corrected chi connectivity index (χ0v) is 20.4. The largest absolute Gasteiger partial charge is 0.360 e. The second kappa shape index (κ2) is 8.67. The lowest BCUT2D eigenvalue weighted by atomic mass is 9.85. The SMILES string of the molecule is CC1=CC(C)(C)N(C(C)C)c2cc(C)c(/C=C(/C#N)C(=O)Nc3cc(C)cc(C)c3)cc21. The van der Waals surface area contributed by atoms with Crippen LogP contribution >= 0.6 is 0 Å². The molecule has 0 unspecified atom stereocenters. The van der Waals surface area contributed by atoms with Crippen LogP contribution in [0.1, 0.15) is 62.4 Å². The van der Waals surface area contributed by atoms with Gasteiger partial charge < -0.3 is 10.2 Å². The minimum atomic E-state index is -0.396. The van der Waals surface area contributed by atoms with Crippen LogP contribution in [-0.2, 0) is 4.79 Å². The van der Waals surface area contributed by atoms with E-state index in [2.05, 4.69) is 69.1 Å². The van der Waals surface area contributed by atoms with Gasteiger partial charge in [-0.15, -0.1) is 0 Å². The molecule has 4 heteroatoms. The highest BCUT2D eigenvalue weighted by atomic mass is 16.1. The van der Waals surface area contributed by atoms with Gasteiger partial charge in [-0.25, -0.2) is 0 Å². The van der Waals surface area contributed by atoms with E-state index in [1.807, 2.05) is 39.0 Å². The van der Waals surface area contributed by atoms with Gasteiger partial charge in [-0.2, -0.15) is 5.26 Å². The molecule has 1 amide bonds. The quantitative estimate of drug-likeness (QED) is 0.443. The van der Waals surface area contributed by atoms with E-state index in [9.17, 15) is 10.1 Å². The predicted octanol–water partition coefficient (Wildman–Crippen LogP) is 6.57. The number of allylic oxidation sites excluding steroid dienone is 1. The number of rotatable bonds is 4. The first kappa shape index (κ1) is 23.3. The summed E-state index contributed by atoms with van der Waals surface area (Å²) in [5.74, 6) is -0.396. The number of fused-ring (bicyclic) bond motifs is 1. The number of aryl methyl sites for hydroxylation is 3. The third-order valence-corrected chi connectivity index (χ3v) is 5.92. The Morgan fingerprint density at radius 3 is 2.25 bits per heavy atom. The summed E-state index contributed by atoms with van der Waals surface area (Å²) in [4.78, 5) is 15.3. The lowest BCUT2D eigenvalue weighted by Gasteiger charge is -2.46. The Kier molecular flexibility index (Phi) is 6.32. The molecule has 32 heavy (non-hydrogen) atoms. The molecule has 4 nitrogen and oxygen atoms in total. The Morgan fingerprint density at radius 2 is 1.69 bits per heavy atom. The number of nitrogens with zero attached hydrogens (tertiary/aromatic N) is 2. The van der Waals surface area contributed by atoms with Crippen molar-refractivity contribution in [2.24, 2.45) is 0 Å². The van der Waals surface area contributed by atoms with Gasteiger partial charge in [0.15, 0.2) is 0 Å². The van der Waals surface area contributed by atoms with Gasteiger partial charge in [0.2, 0.25) is 0 Å². The van der Waals surface area contributed by atoms with Crippen molar-refractivity contribution in [3.63, 3.8) is 0 Å². The molecular formula is C28H33N3O. The average Bonchev–Trinajstić information content (AvgIpc) is 2.64. The summed E-state index contributed by atoms with van der Waals surface area (Å²) in [5, 5.41) is 12.6. The van der Waals surface area contributed by atoms with Crippen LogP contribution in [-0.4, -0.2) is 17.5 Å². The first-order valence-corrected chi connectivity index (χ1v) is 11.1. The summed E-state index contributed by atoms with van der Waals surface area (Å²) < 4.78 is 0. The van der Waals surface area contributed by atoms with E-state index < -0.39 is 5.91 Å². The number of amides is 1. The molecule has 0 spiro atoms. The van der Waals surface area contributed by atoms with Crippen LogP contribution in [0.3, 0.4) is 0 Å². The van der Waals surface area contributed by atoms with Crippen molar-refractivity contribution in [2.75, 3.05) is 10.2 Å². The van der Waals surface area contributed by atoms with E-state index in [4.69, 9.17) is 0 Å². The van der Waals surface area contributed by atoms with E-state index in [1.54, 1.807) is 6.08 Å². The fourth-order valence-corrected chi connectivity index (χ4v) is 4.86. The Hall–Kier alpha value is -3.32. The zero-order valence-electron chi connectivity index (χ0n) is 20.4. The van der Waals surface area contributed by atoms with E-state index >= 15 is 0 Å². The summed E-state index contributed by atoms with van der Waals surface area (Å²) in [5.41, 5.74) is 8.28. The van der Waals surface area contributed by atoms with Gasteiger partial charge in [0.25, 0.3) is 5.91 Å². The summed E-state index contributed by atoms with van der Waals surface area (Å²) in [7, 11) is 0. The van der Waals surface area contributed by atoms with Gasteiger partial charge in [-0.3, -0.25) is 4.79 Å². The molecule has 0 atom stereocenters. The van der Waals surface area contributed by atoms with Crippen LogP contribution in [0.25, 0.3) is 11.6 Å². The summed E-state index contributed by atoms with van der Waals surface area (Å²) in [6.45, 7) is 17.0. The van der Waals surface area contributed by atoms with E-state index in [1.165, 1.54) is 11.3 Å². The molecule has 1 heterocycles. The van der Waals surface area contributed by atoms with Crippen LogP contribution in [0.4, 0.5) is 11.4 Å². The van der Waals surface area contributed by atoms with Crippen molar-refractivity contribution in [2.45, 2.75) is 67.0 Å². The maximum absolute atomic E-state index is 12.8. The van der Waals surface area contributed by atoms with Crippen LogP contribution < -0.4 is 10.2 Å². The average molecular weight is 428 g/mol. The Balaban J connectivity index is 2.01. The maximum Gasteiger partial charge on any atom is 0.266 e. The van der Waals surface area contributed by atoms with Crippen molar-refractivity contribution >= 4 is 28.9 Å². The molecule has 3 rings (SSSR count). The lowest BCUT2D eigenvalue weighted by Crippen LogP contribution is -2.49. The van der Waals surface area contributed by atoms with Crippen LogP contribution in [0.15, 0.2) is 42.0 Å². The number of benzene rings is 2. The van der Waals surface area contributed by atoms with Crippen molar-refractivity contribution in [3.8, 4) is 6.07 Å². The summed E-state index contributed by atoms with van der Waals surface area (Å²) in [6.07, 6.45) is 3.98. The molecule has 0 aromatic heterocycles. The number of nitriles is 1. The Morgan fingerprint density at radius 1 is 1.06 bits per heavy atom. The topological polar surface area (TPSA) is 56.1 Å². The van der Waals surface area contributed by atoms with Gasteiger partial charge in [-0.1, -0.05) is 12.1 Å². The van der Waals surface area contributed by atoms with Crippen molar-refractivity contribution < 1.29 is 4.79 Å². The highest BCUT2D eigenvalue weighted by Crippen LogP contribution is 2.41. The smallest absolute Gasteiger partial charge is 0.266 e. The van der Waals surface area contributed by atoms with Gasteiger partial charge in [0, 0.05) is 23.0 Å². The molecule has 0 fully saturated rings. The second-order valence-corrected chi connectivity index (χ2v) is 9.67. The molecule has 0 saturated carbocycles. The monoisotopic (exact) mass is 427 g/mol. The van der Waals surface area contributed by atoms with Crippen LogP contribution in [0.2, 0.25) is 0 Å². The number of hydrogen-bond acceptors (Lipinski definition) is 3. The summed E-state index contributed by atoms with van der Waals surface area (Å²) >= 11 is 0. The van der Waals surface area contributed by atoms with Gasteiger partial charge in [0.1, 0.15) is 11.6 Å². The molecule has 0 saturated heterocycles. The molecular weight excluding hydrogens is 394 g/mol. The third kappa shape index (κ3) is 4.62. The fourth-order valence-electron chi connectivity index (χ4n) is 4.86. The molecule has 166 valence electrons. The molecule has 1 aliphatic heterocycles. The third-order valence-electron chi connectivity index (χ3n) is 5.92. The van der Waals surface area contributed by atoms with Gasteiger partial charge in [0.05, 0.1) is 5.54 Å². The number of carbonyl (C=O) groups is 1. The number of hydrogen-bond donors (Lipinski definition) is 1. The van der Waals surface area contributed by atoms with Crippen molar-refractivity contribution in [1.29, 1.82) is 5.26 Å². The summed E-state index contributed by atoms with van der Waals surface area (Å²) in [6, 6.07) is 12.6. The van der Waals surface area contributed by atoms with Crippen LogP contribution in [0.5, 0.6) is 0 Å². The van der Waals surface area contributed by atoms with Crippen LogP contribution in [0, 0.1) is 32.1 Å². The van der Waals surface area contributed by atoms with E-state index in [0.717, 1.165) is 27.8 Å². The van der Waals surface area contributed by atoms with Gasteiger partial charge >= 0.3 is 0 Å². The van der Waals surface area contributed by atoms with Gasteiger partial charge in [-0.05, 0) is 114 Å². The van der Waals surface area contributed by atoms with Crippen molar-refractivity contribution in [3.05, 3.63) is 69.8 Å². The highest BCUT2D eigenvalue weighted by molar-refractivity contribution is 6.10. The number of nitrogens with one attached hydrogen (secondary N) is 1. The Labute approximate surface area is 192 Å². The Bertz CT molecular complexity index is 1160. The zero-order chi connectivity index (χ0) is 23.8. The minimum Gasteiger partial charge on any atom is -0.360 e. The maximum atomic E-state index is 12.8. The predicted molar refractivity (Wildman–Crippen MR) is 135 cm³/mol. The second-order valence-electron chi connectivity index (χ2n) is 9.67. The molecule has 0 radical (unpaired) electrons. The normalized spacial score (nSPS) is 15.2. The molecule has 1 aliphatic rings. The highest BCUT2D eigenvalue weighted by Gasteiger charge is 2.33. The van der Waals surface area contributed by atoms with E-state index in [-0.39, 0.29) is 11.1 Å². The number of carbonyl (C=O) groups excluding carboxylic acids is 1. The first-order valence-electron chi connectivity index (χ1n) is 11.1. The number of anilines is 2. The molecule has 2 aromatic carbocycles. The minimum absolute atomic E-state index is 0.0846. The first-order chi connectivity index (χ1) is 14.9. The lowest BCUT2D eigenvalue weighted by molar-refractivity contribution is -0.112. The standard InChI is InChI=1S/C28H33N3O/c1-17(2)31-26-12-20(5)22(14-25(26)21(6)15-28(31,7)8)13-23(16-29)27(32)30-24-10-18(3)9-19(4)11-24/h9-15,17H,1-8H3,(H,30,32)/b23-13-. The molecule has 1 N–H and O–H groups in total. The fraction of sp³-hybridized carbons (Fsp3) is 0.357. The van der Waals surface area contributed by atoms with E-state index in [0.29, 0.717) is 11.7 Å². The molecule has 0 bridgehead atoms. The molecule has 0 aliphatic carbocycles. The van der Waals surface area contributed by atoms with Crippen molar-refractivity contribution in [1.82, 2.24) is 0 Å². The molecule has 2 aromatic rings.